The van der Waals surface area contributed by atoms with Gasteiger partial charge in [0.2, 0.25) is 0 Å². The van der Waals surface area contributed by atoms with Crippen LogP contribution in [0.4, 0.5) is 0 Å². The van der Waals surface area contributed by atoms with Crippen LogP contribution in [0.1, 0.15) is 6.92 Å². The molecule has 0 amide bonds. The number of benzene rings is 1. The van der Waals surface area contributed by atoms with Crippen molar-refractivity contribution in [1.82, 2.24) is 5.32 Å². The summed E-state index contributed by atoms with van der Waals surface area (Å²) in [5.74, 6) is 0.698. The molecule has 2 N–H and O–H groups in total. The van der Waals surface area contributed by atoms with Crippen molar-refractivity contribution in [2.24, 2.45) is 0 Å². The predicted molar refractivity (Wildman–Crippen MR) is 57.7 cm³/mol. The number of ether oxygens (including phenoxy) is 1. The summed E-state index contributed by atoms with van der Waals surface area (Å²) in [7, 11) is 0. The van der Waals surface area contributed by atoms with Crippen LogP contribution in [-0.4, -0.2) is 23.8 Å². The van der Waals surface area contributed by atoms with Gasteiger partial charge in [0, 0.05) is 13.1 Å². The first-order chi connectivity index (χ1) is 6.61. The molecule has 1 saturated heterocycles. The Balaban J connectivity index is 2.23. The molecule has 4 heteroatoms. The first-order valence-electron chi connectivity index (χ1n) is 4.48. The van der Waals surface area contributed by atoms with Gasteiger partial charge in [-0.1, -0.05) is 6.07 Å². The first-order valence-corrected chi connectivity index (χ1v) is 5.27. The van der Waals surface area contributed by atoms with Crippen LogP contribution in [-0.2, 0) is 0 Å². The molecular formula is C10H12BrNO2. The van der Waals surface area contributed by atoms with Crippen LogP contribution in [0.2, 0.25) is 0 Å². The van der Waals surface area contributed by atoms with E-state index in [0.29, 0.717) is 5.75 Å². The fraction of sp³-hybridized carbons (Fsp3) is 0.400. The van der Waals surface area contributed by atoms with E-state index in [-0.39, 0.29) is 11.4 Å². The minimum Gasteiger partial charge on any atom is -0.504 e. The molecule has 1 aliphatic rings. The van der Waals surface area contributed by atoms with Gasteiger partial charge in [0.25, 0.3) is 0 Å². The number of para-hydroxylation sites is 1. The van der Waals surface area contributed by atoms with Crippen molar-refractivity contribution in [3.8, 4) is 11.5 Å². The zero-order valence-electron chi connectivity index (χ0n) is 7.88. The van der Waals surface area contributed by atoms with Gasteiger partial charge in [-0.25, -0.2) is 0 Å². The summed E-state index contributed by atoms with van der Waals surface area (Å²) >= 11 is 3.35. The normalized spacial score (nSPS) is 18.7. The minimum absolute atomic E-state index is 0.174. The van der Waals surface area contributed by atoms with Gasteiger partial charge in [-0.05, 0) is 35.0 Å². The Labute approximate surface area is 91.2 Å². The van der Waals surface area contributed by atoms with Crippen molar-refractivity contribution in [3.63, 3.8) is 0 Å². The van der Waals surface area contributed by atoms with Crippen LogP contribution in [0.25, 0.3) is 0 Å². The molecule has 0 radical (unpaired) electrons. The number of phenols is 1. The lowest BCUT2D eigenvalue weighted by molar-refractivity contribution is 0.0316. The van der Waals surface area contributed by atoms with Crippen molar-refractivity contribution in [2.45, 2.75) is 12.5 Å². The number of rotatable bonds is 2. The average molecular weight is 258 g/mol. The van der Waals surface area contributed by atoms with Crippen LogP contribution < -0.4 is 10.1 Å². The Kier molecular flexibility index (Phi) is 2.41. The van der Waals surface area contributed by atoms with E-state index in [0.717, 1.165) is 17.6 Å². The molecule has 0 aromatic heterocycles. The van der Waals surface area contributed by atoms with Crippen LogP contribution in [0.5, 0.6) is 11.5 Å². The third kappa shape index (κ3) is 1.72. The molecule has 1 heterocycles. The van der Waals surface area contributed by atoms with Crippen molar-refractivity contribution >= 4 is 15.9 Å². The van der Waals surface area contributed by atoms with Crippen molar-refractivity contribution in [1.29, 1.82) is 0 Å². The fourth-order valence-electron chi connectivity index (χ4n) is 1.39. The molecule has 1 fully saturated rings. The molecular weight excluding hydrogens is 246 g/mol. The van der Waals surface area contributed by atoms with Crippen LogP contribution in [0, 0.1) is 0 Å². The maximum absolute atomic E-state index is 9.60. The Morgan fingerprint density at radius 3 is 2.71 bits per heavy atom. The van der Waals surface area contributed by atoms with Gasteiger partial charge < -0.3 is 15.2 Å². The third-order valence-corrected chi connectivity index (χ3v) is 2.92. The highest BCUT2D eigenvalue weighted by Crippen LogP contribution is 2.37. The molecule has 0 atom stereocenters. The summed E-state index contributed by atoms with van der Waals surface area (Å²) in [4.78, 5) is 0. The van der Waals surface area contributed by atoms with Gasteiger partial charge >= 0.3 is 0 Å². The summed E-state index contributed by atoms with van der Waals surface area (Å²) < 4.78 is 6.52. The van der Waals surface area contributed by atoms with Crippen LogP contribution in [0.3, 0.4) is 0 Å². The van der Waals surface area contributed by atoms with Gasteiger partial charge in [-0.2, -0.15) is 0 Å². The molecule has 14 heavy (non-hydrogen) atoms. The smallest absolute Gasteiger partial charge is 0.176 e. The van der Waals surface area contributed by atoms with E-state index in [9.17, 15) is 5.11 Å². The Hall–Kier alpha value is -0.740. The number of phenolic OH excluding ortho intramolecular Hbond substituents is 1. The molecule has 1 aliphatic heterocycles. The van der Waals surface area contributed by atoms with E-state index < -0.39 is 0 Å². The maximum Gasteiger partial charge on any atom is 0.176 e. The second-order valence-corrected chi connectivity index (χ2v) is 4.60. The predicted octanol–water partition coefficient (Wildman–Crippen LogP) is 1.90. The second-order valence-electron chi connectivity index (χ2n) is 3.74. The molecule has 0 bridgehead atoms. The molecule has 1 aromatic carbocycles. The number of hydrogen-bond acceptors (Lipinski definition) is 3. The van der Waals surface area contributed by atoms with E-state index in [4.69, 9.17) is 4.74 Å². The molecule has 1 aromatic rings. The molecule has 0 aliphatic carbocycles. The first kappa shape index (κ1) is 9.80. The highest BCUT2D eigenvalue weighted by atomic mass is 79.9. The zero-order valence-corrected chi connectivity index (χ0v) is 9.47. The van der Waals surface area contributed by atoms with Crippen molar-refractivity contribution in [2.75, 3.05) is 13.1 Å². The Bertz CT molecular complexity index is 330. The Morgan fingerprint density at radius 1 is 1.50 bits per heavy atom. The van der Waals surface area contributed by atoms with Crippen LogP contribution >= 0.6 is 15.9 Å². The van der Waals surface area contributed by atoms with E-state index in [1.807, 2.05) is 13.0 Å². The van der Waals surface area contributed by atoms with E-state index >= 15 is 0 Å². The van der Waals surface area contributed by atoms with Gasteiger partial charge in [-0.3, -0.25) is 0 Å². The quantitative estimate of drug-likeness (QED) is 0.851. The topological polar surface area (TPSA) is 41.5 Å². The molecule has 0 saturated carbocycles. The second kappa shape index (κ2) is 3.44. The SMILES string of the molecule is CC1(Oc2c(O)cccc2Br)CNC1. The lowest BCUT2D eigenvalue weighted by Gasteiger charge is -2.39. The van der Waals surface area contributed by atoms with Crippen LogP contribution in [0.15, 0.2) is 22.7 Å². The highest BCUT2D eigenvalue weighted by molar-refractivity contribution is 9.10. The monoisotopic (exact) mass is 257 g/mol. The summed E-state index contributed by atoms with van der Waals surface area (Å²) in [6, 6.07) is 5.24. The average Bonchev–Trinajstić information content (AvgIpc) is 2.09. The van der Waals surface area contributed by atoms with Gasteiger partial charge in [0.1, 0.15) is 5.60 Å². The summed E-state index contributed by atoms with van der Waals surface area (Å²) in [5, 5.41) is 12.7. The van der Waals surface area contributed by atoms with Crippen molar-refractivity contribution < 1.29 is 9.84 Å². The maximum atomic E-state index is 9.60. The Morgan fingerprint density at radius 2 is 2.21 bits per heavy atom. The van der Waals surface area contributed by atoms with E-state index in [1.54, 1.807) is 12.1 Å². The van der Waals surface area contributed by atoms with Gasteiger partial charge in [0.05, 0.1) is 4.47 Å². The summed E-state index contributed by atoms with van der Waals surface area (Å²) in [5.41, 5.74) is -0.193. The number of hydrogen-bond donors (Lipinski definition) is 2. The molecule has 76 valence electrons. The zero-order chi connectivity index (χ0) is 10.2. The standard InChI is InChI=1S/C10H12BrNO2/c1-10(5-12-6-10)14-9-7(11)3-2-4-8(9)13/h2-4,12-13H,5-6H2,1H3. The highest BCUT2D eigenvalue weighted by Gasteiger charge is 2.35. The largest absolute Gasteiger partial charge is 0.504 e. The molecule has 2 rings (SSSR count). The number of halogens is 1. The number of aromatic hydroxyl groups is 1. The summed E-state index contributed by atoms with van der Waals surface area (Å²) in [6.07, 6.45) is 0. The number of nitrogens with one attached hydrogen (secondary N) is 1. The fourth-order valence-corrected chi connectivity index (χ4v) is 1.83. The van der Waals surface area contributed by atoms with E-state index in [2.05, 4.69) is 21.2 Å². The third-order valence-electron chi connectivity index (χ3n) is 2.29. The van der Waals surface area contributed by atoms with E-state index in [1.165, 1.54) is 0 Å². The lowest BCUT2D eigenvalue weighted by Crippen LogP contribution is -2.61. The molecule has 3 nitrogen and oxygen atoms in total. The summed E-state index contributed by atoms with van der Waals surface area (Å²) in [6.45, 7) is 3.64. The van der Waals surface area contributed by atoms with Crippen molar-refractivity contribution in [3.05, 3.63) is 22.7 Å². The van der Waals surface area contributed by atoms with Gasteiger partial charge in [-0.15, -0.1) is 0 Å². The van der Waals surface area contributed by atoms with Gasteiger partial charge in [0.15, 0.2) is 11.5 Å². The molecule has 0 spiro atoms. The molecule has 0 unspecified atom stereocenters. The minimum atomic E-state index is -0.193. The lowest BCUT2D eigenvalue weighted by atomic mass is 10.00.